The molecule has 1 aromatic rings. The topological polar surface area (TPSA) is 72.7 Å². The lowest BCUT2D eigenvalue weighted by Gasteiger charge is -2.23. The van der Waals surface area contributed by atoms with E-state index in [4.69, 9.17) is 4.74 Å². The van der Waals surface area contributed by atoms with Crippen LogP contribution in [-0.4, -0.2) is 31.1 Å². The maximum atomic E-state index is 12.3. The molecular formula is C15H20N2O4. The molecule has 6 nitrogen and oxygen atoms in total. The van der Waals surface area contributed by atoms with E-state index in [0.29, 0.717) is 5.69 Å². The average molecular weight is 292 g/mol. The summed E-state index contributed by atoms with van der Waals surface area (Å²) in [6.07, 6.45) is 4.98. The Bertz CT molecular complexity index is 536. The molecule has 0 saturated heterocycles. The molecular weight excluding hydrogens is 272 g/mol. The zero-order valence-electron chi connectivity index (χ0n) is 12.4. The summed E-state index contributed by atoms with van der Waals surface area (Å²) in [7, 11) is 3.58. The molecule has 114 valence electrons. The highest BCUT2D eigenvalue weighted by atomic mass is 16.6. The van der Waals surface area contributed by atoms with Crippen LogP contribution in [0, 0.1) is 10.1 Å². The van der Waals surface area contributed by atoms with Crippen LogP contribution in [0.2, 0.25) is 0 Å². The predicted octanol–water partition coefficient (Wildman–Crippen LogP) is 3.15. The van der Waals surface area contributed by atoms with Gasteiger partial charge in [-0.15, -0.1) is 0 Å². The molecule has 0 N–H and O–H groups in total. The van der Waals surface area contributed by atoms with Crippen molar-refractivity contribution in [3.05, 3.63) is 33.9 Å². The molecule has 0 aliphatic heterocycles. The van der Waals surface area contributed by atoms with E-state index in [1.165, 1.54) is 18.6 Å². The van der Waals surface area contributed by atoms with E-state index >= 15 is 0 Å². The zero-order chi connectivity index (χ0) is 15.4. The zero-order valence-corrected chi connectivity index (χ0v) is 12.4. The van der Waals surface area contributed by atoms with Gasteiger partial charge in [-0.3, -0.25) is 10.1 Å². The highest BCUT2D eigenvalue weighted by Gasteiger charge is 2.23. The van der Waals surface area contributed by atoms with Crippen molar-refractivity contribution in [3.63, 3.8) is 0 Å². The number of ether oxygens (including phenoxy) is 1. The smallest absolute Gasteiger partial charge is 0.340 e. The number of carbonyl (C=O) groups is 1. The average Bonchev–Trinajstić information content (AvgIpc) is 2.47. The van der Waals surface area contributed by atoms with Gasteiger partial charge in [0.25, 0.3) is 5.69 Å². The van der Waals surface area contributed by atoms with Crippen LogP contribution < -0.4 is 4.90 Å². The van der Waals surface area contributed by atoms with Gasteiger partial charge in [0.05, 0.1) is 16.2 Å². The maximum Gasteiger partial charge on any atom is 0.340 e. The highest BCUT2D eigenvalue weighted by molar-refractivity contribution is 5.96. The van der Waals surface area contributed by atoms with Gasteiger partial charge >= 0.3 is 5.97 Å². The van der Waals surface area contributed by atoms with E-state index in [-0.39, 0.29) is 17.4 Å². The molecule has 0 spiro atoms. The lowest BCUT2D eigenvalue weighted by molar-refractivity contribution is -0.384. The summed E-state index contributed by atoms with van der Waals surface area (Å²) in [5.74, 6) is -0.477. The third-order valence-electron chi connectivity index (χ3n) is 3.72. The first-order valence-electron chi connectivity index (χ1n) is 7.16. The minimum absolute atomic E-state index is 0.0690. The van der Waals surface area contributed by atoms with E-state index < -0.39 is 10.9 Å². The van der Waals surface area contributed by atoms with Crippen LogP contribution in [0.3, 0.4) is 0 Å². The number of nitro groups is 1. The van der Waals surface area contributed by atoms with E-state index in [1.54, 1.807) is 25.1 Å². The Morgan fingerprint density at radius 1 is 1.29 bits per heavy atom. The number of esters is 1. The van der Waals surface area contributed by atoms with Crippen molar-refractivity contribution in [3.8, 4) is 0 Å². The van der Waals surface area contributed by atoms with Gasteiger partial charge < -0.3 is 9.64 Å². The van der Waals surface area contributed by atoms with Crippen LogP contribution in [0.15, 0.2) is 18.2 Å². The molecule has 1 aromatic carbocycles. The molecule has 1 aliphatic carbocycles. The molecule has 0 aromatic heterocycles. The molecule has 0 amide bonds. The minimum Gasteiger partial charge on any atom is -0.459 e. The third-order valence-corrected chi connectivity index (χ3v) is 3.72. The van der Waals surface area contributed by atoms with E-state index in [2.05, 4.69) is 0 Å². The Labute approximate surface area is 123 Å². The monoisotopic (exact) mass is 292 g/mol. The molecule has 6 heteroatoms. The van der Waals surface area contributed by atoms with Crippen LogP contribution in [0.1, 0.15) is 42.5 Å². The van der Waals surface area contributed by atoms with E-state index in [1.807, 2.05) is 0 Å². The van der Waals surface area contributed by atoms with Gasteiger partial charge in [0.15, 0.2) is 0 Å². The Hall–Kier alpha value is -2.11. The Kier molecular flexibility index (Phi) is 4.77. The summed E-state index contributed by atoms with van der Waals surface area (Å²) in [5, 5.41) is 10.9. The minimum atomic E-state index is -0.503. The number of hydrogen-bond donors (Lipinski definition) is 0. The summed E-state index contributed by atoms with van der Waals surface area (Å²) in [4.78, 5) is 24.5. The van der Waals surface area contributed by atoms with Gasteiger partial charge in [0, 0.05) is 26.2 Å². The standard InChI is InChI=1S/C15H20N2O4/c1-16(2)14-9-8-11(17(19)20)10-13(14)15(18)21-12-6-4-3-5-7-12/h8-10,12H,3-7H2,1-2H3. The molecule has 0 atom stereocenters. The van der Waals surface area contributed by atoms with Crippen molar-refractivity contribution in [1.29, 1.82) is 0 Å². The molecule has 1 fully saturated rings. The van der Waals surface area contributed by atoms with Crippen molar-refractivity contribution < 1.29 is 14.5 Å². The van der Waals surface area contributed by atoms with Gasteiger partial charge in [0.1, 0.15) is 6.10 Å². The lowest BCUT2D eigenvalue weighted by Crippen LogP contribution is -2.23. The molecule has 0 heterocycles. The Morgan fingerprint density at radius 3 is 2.52 bits per heavy atom. The first kappa shape index (κ1) is 15.3. The van der Waals surface area contributed by atoms with Crippen molar-refractivity contribution in [2.75, 3.05) is 19.0 Å². The van der Waals surface area contributed by atoms with E-state index in [0.717, 1.165) is 25.7 Å². The summed E-state index contributed by atoms with van der Waals surface area (Å²) in [6, 6.07) is 4.27. The second-order valence-electron chi connectivity index (χ2n) is 5.52. The van der Waals surface area contributed by atoms with Crippen molar-refractivity contribution in [1.82, 2.24) is 0 Å². The molecule has 21 heavy (non-hydrogen) atoms. The first-order valence-corrected chi connectivity index (χ1v) is 7.16. The summed E-state index contributed by atoms with van der Waals surface area (Å²) < 4.78 is 5.51. The van der Waals surface area contributed by atoms with Crippen LogP contribution >= 0.6 is 0 Å². The van der Waals surface area contributed by atoms with Crippen LogP contribution in [0.4, 0.5) is 11.4 Å². The Morgan fingerprint density at radius 2 is 1.95 bits per heavy atom. The van der Waals surface area contributed by atoms with Gasteiger partial charge in [-0.05, 0) is 31.7 Å². The summed E-state index contributed by atoms with van der Waals surface area (Å²) in [5.41, 5.74) is 0.775. The van der Waals surface area contributed by atoms with E-state index in [9.17, 15) is 14.9 Å². The quantitative estimate of drug-likeness (QED) is 0.484. The fraction of sp³-hybridized carbons (Fsp3) is 0.533. The second kappa shape index (κ2) is 6.56. The largest absolute Gasteiger partial charge is 0.459 e. The predicted molar refractivity (Wildman–Crippen MR) is 79.7 cm³/mol. The van der Waals surface area contributed by atoms with Crippen molar-refractivity contribution >= 4 is 17.3 Å². The summed E-state index contributed by atoms with van der Waals surface area (Å²) >= 11 is 0. The first-order chi connectivity index (χ1) is 9.99. The fourth-order valence-electron chi connectivity index (χ4n) is 2.59. The normalized spacial score (nSPS) is 15.5. The van der Waals surface area contributed by atoms with Crippen LogP contribution in [0.5, 0.6) is 0 Å². The Balaban J connectivity index is 2.24. The number of non-ortho nitro benzene ring substituents is 1. The number of nitrogens with zero attached hydrogens (tertiary/aromatic N) is 2. The number of carbonyl (C=O) groups excluding carboxylic acids is 1. The van der Waals surface area contributed by atoms with Gasteiger partial charge in [-0.25, -0.2) is 4.79 Å². The number of hydrogen-bond acceptors (Lipinski definition) is 5. The fourth-order valence-corrected chi connectivity index (χ4v) is 2.59. The van der Waals surface area contributed by atoms with Crippen molar-refractivity contribution in [2.24, 2.45) is 0 Å². The third kappa shape index (κ3) is 3.71. The number of anilines is 1. The van der Waals surface area contributed by atoms with Crippen LogP contribution in [0.25, 0.3) is 0 Å². The van der Waals surface area contributed by atoms with Gasteiger partial charge in [0.2, 0.25) is 0 Å². The molecule has 1 aliphatic rings. The molecule has 2 rings (SSSR count). The molecule has 0 radical (unpaired) electrons. The summed E-state index contributed by atoms with van der Waals surface area (Å²) in [6.45, 7) is 0. The highest BCUT2D eigenvalue weighted by Crippen LogP contribution is 2.27. The molecule has 0 unspecified atom stereocenters. The molecule has 1 saturated carbocycles. The number of benzene rings is 1. The van der Waals surface area contributed by atoms with Crippen LogP contribution in [-0.2, 0) is 4.74 Å². The lowest BCUT2D eigenvalue weighted by atomic mass is 9.98. The van der Waals surface area contributed by atoms with Gasteiger partial charge in [-0.2, -0.15) is 0 Å². The number of nitro benzene ring substituents is 1. The molecule has 0 bridgehead atoms. The SMILES string of the molecule is CN(C)c1ccc([N+](=O)[O-])cc1C(=O)OC1CCCCC1. The second-order valence-corrected chi connectivity index (χ2v) is 5.52. The maximum absolute atomic E-state index is 12.3. The van der Waals surface area contributed by atoms with Gasteiger partial charge in [-0.1, -0.05) is 6.42 Å². The van der Waals surface area contributed by atoms with Crippen molar-refractivity contribution in [2.45, 2.75) is 38.2 Å². The number of rotatable bonds is 4.